The Bertz CT molecular complexity index is 244. The van der Waals surface area contributed by atoms with Crippen LogP contribution in [0.15, 0.2) is 0 Å². The largest absolute Gasteiger partial charge is 0.214 e. The molecule has 0 atom stereocenters. The highest BCUT2D eigenvalue weighted by Gasteiger charge is 2.31. The zero-order valence-corrected chi connectivity index (χ0v) is 8.82. The van der Waals surface area contributed by atoms with Gasteiger partial charge in [0.15, 0.2) is 0 Å². The number of rotatable bonds is 3. The Labute approximate surface area is 78.5 Å². The van der Waals surface area contributed by atoms with Gasteiger partial charge in [-0.05, 0) is 26.7 Å². The van der Waals surface area contributed by atoms with Crippen molar-refractivity contribution in [1.29, 1.82) is 0 Å². The minimum Gasteiger partial charge on any atom is -0.212 e. The highest BCUT2D eigenvalue weighted by atomic mass is 35.5. The molecule has 12 heavy (non-hydrogen) atoms. The van der Waals surface area contributed by atoms with Crippen LogP contribution in [0.3, 0.4) is 0 Å². The lowest BCUT2D eigenvalue weighted by Gasteiger charge is -2.31. The zero-order valence-electron chi connectivity index (χ0n) is 7.25. The van der Waals surface area contributed by atoms with Gasteiger partial charge in [-0.2, -0.15) is 0 Å². The molecule has 1 N–H and O–H groups in total. The highest BCUT2D eigenvalue weighted by Crippen LogP contribution is 2.26. The van der Waals surface area contributed by atoms with Crippen molar-refractivity contribution in [1.82, 2.24) is 4.72 Å². The van der Waals surface area contributed by atoms with Crippen molar-refractivity contribution in [3.63, 3.8) is 0 Å². The van der Waals surface area contributed by atoms with E-state index < -0.39 is 10.0 Å². The van der Waals surface area contributed by atoms with Gasteiger partial charge in [-0.3, -0.25) is 0 Å². The summed E-state index contributed by atoms with van der Waals surface area (Å²) < 4.78 is 25.2. The van der Waals surface area contributed by atoms with E-state index in [9.17, 15) is 8.42 Å². The monoisotopic (exact) mass is 211 g/mol. The number of alkyl halides is 1. The molecule has 5 heteroatoms. The van der Waals surface area contributed by atoms with E-state index in [0.717, 1.165) is 12.8 Å². The first-order chi connectivity index (χ1) is 5.42. The van der Waals surface area contributed by atoms with Crippen molar-refractivity contribution < 1.29 is 8.42 Å². The van der Waals surface area contributed by atoms with E-state index in [-0.39, 0.29) is 16.7 Å². The Morgan fingerprint density at radius 2 is 1.92 bits per heavy atom. The van der Waals surface area contributed by atoms with Gasteiger partial charge in [0.25, 0.3) is 0 Å². The van der Waals surface area contributed by atoms with Crippen LogP contribution >= 0.6 is 11.6 Å². The first-order valence-electron chi connectivity index (χ1n) is 4.07. The molecule has 0 radical (unpaired) electrons. The molecule has 0 aromatic rings. The molecule has 1 aliphatic carbocycles. The molecule has 72 valence electrons. The van der Waals surface area contributed by atoms with Crippen molar-refractivity contribution in [3.05, 3.63) is 0 Å². The molecule has 0 aliphatic heterocycles. The van der Waals surface area contributed by atoms with Crippen molar-refractivity contribution in [2.45, 2.75) is 43.4 Å². The molecule has 1 saturated carbocycles. The van der Waals surface area contributed by atoms with E-state index in [1.807, 2.05) is 0 Å². The van der Waals surface area contributed by atoms with E-state index in [2.05, 4.69) is 4.72 Å². The van der Waals surface area contributed by atoms with Crippen molar-refractivity contribution in [2.24, 2.45) is 0 Å². The molecule has 0 amide bonds. The third-order valence-electron chi connectivity index (χ3n) is 2.03. The highest BCUT2D eigenvalue weighted by molar-refractivity contribution is 7.90. The lowest BCUT2D eigenvalue weighted by atomic mass is 9.94. The summed E-state index contributed by atoms with van der Waals surface area (Å²) in [5, 5.41) is -0.197. The molecule has 1 aliphatic rings. The van der Waals surface area contributed by atoms with E-state index >= 15 is 0 Å². The molecule has 0 heterocycles. The van der Waals surface area contributed by atoms with Crippen LogP contribution in [-0.4, -0.2) is 25.1 Å². The van der Waals surface area contributed by atoms with Crippen molar-refractivity contribution in [2.75, 3.05) is 0 Å². The van der Waals surface area contributed by atoms with Gasteiger partial charge in [0.2, 0.25) is 10.0 Å². The minimum atomic E-state index is -3.09. The summed E-state index contributed by atoms with van der Waals surface area (Å²) in [4.78, 5) is 0. The Balaban J connectivity index is 2.42. The maximum atomic E-state index is 11.3. The predicted molar refractivity (Wildman–Crippen MR) is 49.9 cm³/mol. The Hall–Kier alpha value is 0.200. The first-order valence-corrected chi connectivity index (χ1v) is 6.05. The van der Waals surface area contributed by atoms with Gasteiger partial charge in [-0.25, -0.2) is 13.1 Å². The van der Waals surface area contributed by atoms with E-state index in [0.29, 0.717) is 0 Å². The molecule has 0 saturated heterocycles. The molecule has 0 aromatic carbocycles. The van der Waals surface area contributed by atoms with Crippen LogP contribution in [0.2, 0.25) is 0 Å². The van der Waals surface area contributed by atoms with Gasteiger partial charge < -0.3 is 0 Å². The van der Waals surface area contributed by atoms with Gasteiger partial charge in [-0.1, -0.05) is 0 Å². The van der Waals surface area contributed by atoms with Crippen molar-refractivity contribution >= 4 is 21.6 Å². The molecule has 0 aromatic heterocycles. The lowest BCUT2D eigenvalue weighted by molar-refractivity contribution is 0.390. The third-order valence-corrected chi connectivity index (χ3v) is 4.29. The zero-order chi connectivity index (χ0) is 9.35. The predicted octanol–water partition coefficient (Wildman–Crippen LogP) is 1.08. The summed E-state index contributed by atoms with van der Waals surface area (Å²) in [7, 11) is -3.09. The van der Waals surface area contributed by atoms with Gasteiger partial charge in [0, 0.05) is 11.4 Å². The number of halogens is 1. The van der Waals surface area contributed by atoms with E-state index in [4.69, 9.17) is 11.6 Å². The minimum absolute atomic E-state index is 0.0694. The Kier molecular flexibility index (Phi) is 3.01. The van der Waals surface area contributed by atoms with Crippen LogP contribution in [0, 0.1) is 0 Å². The molecular formula is C7H14ClNO2S. The fourth-order valence-corrected chi connectivity index (χ4v) is 2.37. The maximum absolute atomic E-state index is 11.3. The summed E-state index contributed by atoms with van der Waals surface area (Å²) in [6.07, 6.45) is 1.51. The van der Waals surface area contributed by atoms with Gasteiger partial charge in [-0.15, -0.1) is 11.6 Å². The summed E-state index contributed by atoms with van der Waals surface area (Å²) >= 11 is 5.72. The first kappa shape index (κ1) is 10.3. The summed E-state index contributed by atoms with van der Waals surface area (Å²) in [6, 6.07) is 0.0694. The molecule has 1 rings (SSSR count). The Morgan fingerprint density at radius 3 is 2.25 bits per heavy atom. The summed E-state index contributed by atoms with van der Waals surface area (Å²) in [5.41, 5.74) is 0. The van der Waals surface area contributed by atoms with Crippen molar-refractivity contribution in [3.8, 4) is 0 Å². The average molecular weight is 212 g/mol. The Morgan fingerprint density at radius 1 is 1.42 bits per heavy atom. The average Bonchev–Trinajstić information content (AvgIpc) is 1.83. The fraction of sp³-hybridized carbons (Fsp3) is 1.00. The van der Waals surface area contributed by atoms with E-state index in [1.165, 1.54) is 0 Å². The second kappa shape index (κ2) is 3.52. The van der Waals surface area contributed by atoms with Crippen LogP contribution in [0.4, 0.5) is 0 Å². The van der Waals surface area contributed by atoms with Gasteiger partial charge >= 0.3 is 0 Å². The number of hydrogen-bond acceptors (Lipinski definition) is 2. The second-order valence-electron chi connectivity index (χ2n) is 3.48. The van der Waals surface area contributed by atoms with Crippen LogP contribution in [-0.2, 0) is 10.0 Å². The molecule has 0 spiro atoms. The third kappa shape index (κ3) is 2.34. The van der Waals surface area contributed by atoms with Crippen LogP contribution < -0.4 is 4.72 Å². The second-order valence-corrected chi connectivity index (χ2v) is 6.36. The summed E-state index contributed by atoms with van der Waals surface area (Å²) in [5.74, 6) is 0. The normalized spacial score (nSPS) is 30.3. The van der Waals surface area contributed by atoms with Crippen LogP contribution in [0.25, 0.3) is 0 Å². The van der Waals surface area contributed by atoms with Gasteiger partial charge in [0.1, 0.15) is 0 Å². The number of nitrogens with one attached hydrogen (secondary N) is 1. The molecule has 3 nitrogen and oxygen atoms in total. The standard InChI is InChI=1S/C7H14ClNO2S/c1-5(2)12(10,11)9-7-3-6(8)4-7/h5-7,9H,3-4H2,1-2H3. The fourth-order valence-electron chi connectivity index (χ4n) is 1.01. The number of hydrogen-bond donors (Lipinski definition) is 1. The van der Waals surface area contributed by atoms with E-state index in [1.54, 1.807) is 13.8 Å². The summed E-state index contributed by atoms with van der Waals surface area (Å²) in [6.45, 7) is 3.33. The topological polar surface area (TPSA) is 46.2 Å². The SMILES string of the molecule is CC(C)S(=O)(=O)NC1CC(Cl)C1. The molecular weight excluding hydrogens is 198 g/mol. The molecule has 0 unspecified atom stereocenters. The number of sulfonamides is 1. The van der Waals surface area contributed by atoms with Crippen LogP contribution in [0.1, 0.15) is 26.7 Å². The smallest absolute Gasteiger partial charge is 0.212 e. The molecule has 1 fully saturated rings. The quantitative estimate of drug-likeness (QED) is 0.711. The van der Waals surface area contributed by atoms with Gasteiger partial charge in [0.05, 0.1) is 5.25 Å². The lowest BCUT2D eigenvalue weighted by Crippen LogP contribution is -2.47. The maximum Gasteiger partial charge on any atom is 0.214 e. The van der Waals surface area contributed by atoms with Crippen LogP contribution in [0.5, 0.6) is 0 Å². The molecule has 0 bridgehead atoms.